The zero-order valence-corrected chi connectivity index (χ0v) is 14.5. The molecule has 1 heterocycles. The number of carbonyl (C=O) groups is 1. The first-order valence-electron chi connectivity index (χ1n) is 8.13. The summed E-state index contributed by atoms with van der Waals surface area (Å²) >= 11 is 0. The van der Waals surface area contributed by atoms with Gasteiger partial charge in [0.05, 0.1) is 24.5 Å². The standard InChI is InChI=1S/C18H20N2O4S/c21-18(10-12-24-17-8-2-1-3-9-17)19-15-6-4-7-16(14-15)20-11-5-13-25(20,22)23/h1-4,6-9,14H,5,10-13H2,(H,19,21). The minimum Gasteiger partial charge on any atom is -0.493 e. The highest BCUT2D eigenvalue weighted by molar-refractivity contribution is 7.93. The van der Waals surface area contributed by atoms with Gasteiger partial charge in [0, 0.05) is 12.2 Å². The second kappa shape index (κ2) is 7.57. The highest BCUT2D eigenvalue weighted by atomic mass is 32.2. The molecule has 1 N–H and O–H groups in total. The van der Waals surface area contributed by atoms with Crippen molar-refractivity contribution in [3.05, 3.63) is 54.6 Å². The van der Waals surface area contributed by atoms with Gasteiger partial charge in [-0.3, -0.25) is 9.10 Å². The van der Waals surface area contributed by atoms with Crippen LogP contribution in [0.1, 0.15) is 12.8 Å². The van der Waals surface area contributed by atoms with E-state index in [9.17, 15) is 13.2 Å². The van der Waals surface area contributed by atoms with Crippen molar-refractivity contribution in [2.75, 3.05) is 28.5 Å². The lowest BCUT2D eigenvalue weighted by Gasteiger charge is -2.17. The first-order valence-corrected chi connectivity index (χ1v) is 9.74. The minimum atomic E-state index is -3.23. The molecule has 1 amide bonds. The van der Waals surface area contributed by atoms with Crippen molar-refractivity contribution in [3.63, 3.8) is 0 Å². The van der Waals surface area contributed by atoms with Crippen LogP contribution >= 0.6 is 0 Å². The van der Waals surface area contributed by atoms with Crippen LogP contribution in [0.3, 0.4) is 0 Å². The van der Waals surface area contributed by atoms with Crippen LogP contribution in [-0.2, 0) is 14.8 Å². The summed E-state index contributed by atoms with van der Waals surface area (Å²) in [6.07, 6.45) is 0.830. The summed E-state index contributed by atoms with van der Waals surface area (Å²) in [5, 5.41) is 2.78. The van der Waals surface area contributed by atoms with Crippen LogP contribution in [0.2, 0.25) is 0 Å². The lowest BCUT2D eigenvalue weighted by Crippen LogP contribution is -2.25. The van der Waals surface area contributed by atoms with Gasteiger partial charge in [-0.2, -0.15) is 0 Å². The van der Waals surface area contributed by atoms with E-state index in [4.69, 9.17) is 4.74 Å². The molecule has 0 spiro atoms. The van der Waals surface area contributed by atoms with Crippen LogP contribution in [0.4, 0.5) is 11.4 Å². The first kappa shape index (κ1) is 17.3. The molecule has 0 saturated carbocycles. The number of hydrogen-bond donors (Lipinski definition) is 1. The van der Waals surface area contributed by atoms with Gasteiger partial charge in [-0.05, 0) is 36.8 Å². The average Bonchev–Trinajstić information content (AvgIpc) is 2.95. The molecule has 2 aromatic rings. The summed E-state index contributed by atoms with van der Waals surface area (Å²) in [5.41, 5.74) is 1.15. The van der Waals surface area contributed by atoms with E-state index < -0.39 is 10.0 Å². The molecule has 25 heavy (non-hydrogen) atoms. The Morgan fingerprint density at radius 1 is 1.12 bits per heavy atom. The topological polar surface area (TPSA) is 75.7 Å². The van der Waals surface area contributed by atoms with E-state index in [0.717, 1.165) is 5.75 Å². The highest BCUT2D eigenvalue weighted by Gasteiger charge is 2.28. The van der Waals surface area contributed by atoms with Crippen LogP contribution in [0.25, 0.3) is 0 Å². The molecule has 3 rings (SSSR count). The monoisotopic (exact) mass is 360 g/mol. The number of benzene rings is 2. The number of amides is 1. The molecule has 0 aliphatic carbocycles. The van der Waals surface area contributed by atoms with E-state index in [1.54, 1.807) is 24.3 Å². The number of nitrogens with one attached hydrogen (secondary N) is 1. The molecule has 6 nitrogen and oxygen atoms in total. The van der Waals surface area contributed by atoms with Crippen molar-refractivity contribution >= 4 is 27.3 Å². The van der Waals surface area contributed by atoms with E-state index in [1.807, 2.05) is 30.3 Å². The summed E-state index contributed by atoms with van der Waals surface area (Å²) < 4.78 is 30.9. The van der Waals surface area contributed by atoms with E-state index in [2.05, 4.69) is 5.32 Å². The molecule has 0 atom stereocenters. The lowest BCUT2D eigenvalue weighted by molar-refractivity contribution is -0.116. The molecule has 1 aliphatic rings. The molecule has 0 unspecified atom stereocenters. The molecule has 1 saturated heterocycles. The van der Waals surface area contributed by atoms with Crippen molar-refractivity contribution in [2.24, 2.45) is 0 Å². The van der Waals surface area contributed by atoms with Gasteiger partial charge in [0.1, 0.15) is 5.75 Å². The Bertz CT molecular complexity index is 837. The number of anilines is 2. The molecule has 1 aliphatic heterocycles. The molecule has 0 radical (unpaired) electrons. The first-order chi connectivity index (χ1) is 12.0. The van der Waals surface area contributed by atoms with E-state index in [-0.39, 0.29) is 24.7 Å². The van der Waals surface area contributed by atoms with Crippen molar-refractivity contribution in [2.45, 2.75) is 12.8 Å². The highest BCUT2D eigenvalue weighted by Crippen LogP contribution is 2.26. The number of sulfonamides is 1. The van der Waals surface area contributed by atoms with E-state index in [0.29, 0.717) is 24.3 Å². The summed E-state index contributed by atoms with van der Waals surface area (Å²) in [4.78, 5) is 12.0. The van der Waals surface area contributed by atoms with Crippen LogP contribution in [0.5, 0.6) is 5.75 Å². The molecule has 1 fully saturated rings. The van der Waals surface area contributed by atoms with Crippen LogP contribution in [0, 0.1) is 0 Å². The second-order valence-electron chi connectivity index (χ2n) is 5.75. The SMILES string of the molecule is O=C(CCOc1ccccc1)Nc1cccc(N2CCCS2(=O)=O)c1. The maximum atomic E-state index is 12.0. The van der Waals surface area contributed by atoms with Gasteiger partial charge in [0.25, 0.3) is 0 Å². The number of carbonyl (C=O) groups excluding carboxylic acids is 1. The number of rotatable bonds is 6. The van der Waals surface area contributed by atoms with Gasteiger partial charge in [0.2, 0.25) is 15.9 Å². The lowest BCUT2D eigenvalue weighted by atomic mass is 10.2. The Labute approximate surface area is 147 Å². The number of hydrogen-bond acceptors (Lipinski definition) is 4. The van der Waals surface area contributed by atoms with Gasteiger partial charge < -0.3 is 10.1 Å². The van der Waals surface area contributed by atoms with Gasteiger partial charge >= 0.3 is 0 Å². The zero-order valence-electron chi connectivity index (χ0n) is 13.7. The maximum Gasteiger partial charge on any atom is 0.235 e. The molecule has 132 valence electrons. The Kier molecular flexibility index (Phi) is 5.23. The summed E-state index contributed by atoms with van der Waals surface area (Å²) in [5.74, 6) is 0.703. The summed E-state index contributed by atoms with van der Waals surface area (Å²) in [6, 6.07) is 16.2. The van der Waals surface area contributed by atoms with Crippen molar-refractivity contribution < 1.29 is 17.9 Å². The Morgan fingerprint density at radius 3 is 2.64 bits per heavy atom. The maximum absolute atomic E-state index is 12.0. The smallest absolute Gasteiger partial charge is 0.235 e. The van der Waals surface area contributed by atoms with E-state index >= 15 is 0 Å². The van der Waals surface area contributed by atoms with Crippen molar-refractivity contribution in [3.8, 4) is 5.75 Å². The van der Waals surface area contributed by atoms with Gasteiger partial charge in [-0.1, -0.05) is 24.3 Å². The minimum absolute atomic E-state index is 0.167. The predicted molar refractivity (Wildman–Crippen MR) is 97.4 cm³/mol. The fourth-order valence-corrected chi connectivity index (χ4v) is 4.23. The molecule has 7 heteroatoms. The summed E-state index contributed by atoms with van der Waals surface area (Å²) in [6.45, 7) is 0.751. The Balaban J connectivity index is 1.56. The van der Waals surface area contributed by atoms with Crippen LogP contribution in [-0.4, -0.2) is 33.2 Å². The Hall–Kier alpha value is -2.54. The molecule has 0 aromatic heterocycles. The predicted octanol–water partition coefficient (Wildman–Crippen LogP) is 2.63. The average molecular weight is 360 g/mol. The van der Waals surface area contributed by atoms with Gasteiger partial charge in [0.15, 0.2) is 0 Å². The third-order valence-corrected chi connectivity index (χ3v) is 5.73. The fourth-order valence-electron chi connectivity index (χ4n) is 2.67. The van der Waals surface area contributed by atoms with Crippen LogP contribution < -0.4 is 14.4 Å². The van der Waals surface area contributed by atoms with Crippen LogP contribution in [0.15, 0.2) is 54.6 Å². The molecule has 0 bridgehead atoms. The third kappa shape index (κ3) is 4.51. The summed E-state index contributed by atoms with van der Waals surface area (Å²) in [7, 11) is -3.23. The third-order valence-electron chi connectivity index (χ3n) is 3.86. The van der Waals surface area contributed by atoms with E-state index in [1.165, 1.54) is 4.31 Å². The zero-order chi connectivity index (χ0) is 17.7. The largest absolute Gasteiger partial charge is 0.493 e. The van der Waals surface area contributed by atoms with Gasteiger partial charge in [-0.15, -0.1) is 0 Å². The fraction of sp³-hybridized carbons (Fsp3) is 0.278. The molecular formula is C18H20N2O4S. The quantitative estimate of drug-likeness (QED) is 0.859. The number of ether oxygens (including phenoxy) is 1. The number of nitrogens with zero attached hydrogens (tertiary/aromatic N) is 1. The normalized spacial score (nSPS) is 15.8. The number of para-hydroxylation sites is 1. The second-order valence-corrected chi connectivity index (χ2v) is 7.76. The Morgan fingerprint density at radius 2 is 1.92 bits per heavy atom. The molecular weight excluding hydrogens is 340 g/mol. The van der Waals surface area contributed by atoms with Crippen molar-refractivity contribution in [1.82, 2.24) is 0 Å². The molecule has 2 aromatic carbocycles. The van der Waals surface area contributed by atoms with Gasteiger partial charge in [-0.25, -0.2) is 8.42 Å². The van der Waals surface area contributed by atoms with Crippen molar-refractivity contribution in [1.29, 1.82) is 0 Å².